The number of nitrogens with zero attached hydrogens (tertiary/aromatic N) is 1. The lowest BCUT2D eigenvalue weighted by molar-refractivity contribution is 0.0974. The average molecular weight is 438 g/mol. The smallest absolute Gasteiger partial charge is 0.263 e. The lowest BCUT2D eigenvalue weighted by Crippen LogP contribution is -2.48. The molecule has 1 amide bonds. The molecule has 2 aromatic rings. The molecule has 1 aliphatic carbocycles. The standard InChI is InChI=1S/C21H25ClFN3O2S/c1-11-8-13(10-21(3,4)9-11)24-20(29)25-19(27)16-12(2)28-26-18(16)17-14(22)6-5-7-15(17)23/h5-7,11,13H,8-10H2,1-4H3,(H2,24,25,27,29)/t11-,13+/m0/s1. The molecule has 0 unspecified atom stereocenters. The second-order valence-corrected chi connectivity index (χ2v) is 9.41. The van der Waals surface area contributed by atoms with Crippen LogP contribution in [0.2, 0.25) is 5.02 Å². The van der Waals surface area contributed by atoms with Gasteiger partial charge in [-0.25, -0.2) is 4.39 Å². The Bertz CT molecular complexity index is 924. The summed E-state index contributed by atoms with van der Waals surface area (Å²) in [6.07, 6.45) is 3.12. The number of rotatable bonds is 3. The lowest BCUT2D eigenvalue weighted by atomic mass is 9.71. The van der Waals surface area contributed by atoms with Crippen molar-refractivity contribution in [2.75, 3.05) is 0 Å². The first-order chi connectivity index (χ1) is 13.6. The topological polar surface area (TPSA) is 67.2 Å². The van der Waals surface area contributed by atoms with E-state index in [0.29, 0.717) is 5.92 Å². The molecule has 0 radical (unpaired) electrons. The molecule has 0 saturated heterocycles. The zero-order valence-electron chi connectivity index (χ0n) is 16.9. The summed E-state index contributed by atoms with van der Waals surface area (Å²) in [5.74, 6) is -0.269. The molecular formula is C21H25ClFN3O2S. The molecule has 8 heteroatoms. The van der Waals surface area contributed by atoms with Gasteiger partial charge < -0.3 is 9.84 Å². The van der Waals surface area contributed by atoms with Crippen molar-refractivity contribution in [3.63, 3.8) is 0 Å². The highest BCUT2D eigenvalue weighted by Gasteiger charge is 2.33. The minimum absolute atomic E-state index is 0.0258. The molecule has 1 heterocycles. The number of hydrogen-bond donors (Lipinski definition) is 2. The maximum Gasteiger partial charge on any atom is 0.263 e. The van der Waals surface area contributed by atoms with Crippen LogP contribution < -0.4 is 10.6 Å². The fourth-order valence-corrected chi connectivity index (χ4v) is 4.89. The molecule has 0 bridgehead atoms. The van der Waals surface area contributed by atoms with Gasteiger partial charge in [-0.05, 0) is 61.9 Å². The number of hydrogen-bond acceptors (Lipinski definition) is 4. The molecular weight excluding hydrogens is 413 g/mol. The van der Waals surface area contributed by atoms with E-state index in [-0.39, 0.29) is 44.2 Å². The highest BCUT2D eigenvalue weighted by molar-refractivity contribution is 7.80. The van der Waals surface area contributed by atoms with Crippen LogP contribution in [0.15, 0.2) is 22.7 Å². The maximum atomic E-state index is 14.3. The van der Waals surface area contributed by atoms with E-state index in [1.165, 1.54) is 18.2 Å². The van der Waals surface area contributed by atoms with Crippen LogP contribution in [0, 0.1) is 24.1 Å². The predicted molar refractivity (Wildman–Crippen MR) is 115 cm³/mol. The number of thiocarbonyl (C=S) groups is 1. The molecule has 0 spiro atoms. The molecule has 1 aliphatic rings. The van der Waals surface area contributed by atoms with Gasteiger partial charge in [-0.3, -0.25) is 10.1 Å². The number of nitrogens with one attached hydrogen (secondary N) is 2. The first kappa shape index (κ1) is 21.7. The van der Waals surface area contributed by atoms with Gasteiger partial charge in [0.15, 0.2) is 5.11 Å². The first-order valence-electron chi connectivity index (χ1n) is 9.60. The Morgan fingerprint density at radius 1 is 1.38 bits per heavy atom. The predicted octanol–water partition coefficient (Wildman–Crippen LogP) is 5.26. The molecule has 1 fully saturated rings. The van der Waals surface area contributed by atoms with Gasteiger partial charge in [0.05, 0.1) is 10.6 Å². The molecule has 29 heavy (non-hydrogen) atoms. The molecule has 3 rings (SSSR count). The van der Waals surface area contributed by atoms with Gasteiger partial charge in [0.25, 0.3) is 5.91 Å². The van der Waals surface area contributed by atoms with Gasteiger partial charge >= 0.3 is 0 Å². The number of aromatic nitrogens is 1. The Labute approximate surface area is 180 Å². The van der Waals surface area contributed by atoms with Crippen molar-refractivity contribution in [1.82, 2.24) is 15.8 Å². The van der Waals surface area contributed by atoms with Crippen molar-refractivity contribution in [3.05, 3.63) is 40.4 Å². The maximum absolute atomic E-state index is 14.3. The number of carbonyl (C=O) groups excluding carboxylic acids is 1. The van der Waals surface area contributed by atoms with E-state index in [9.17, 15) is 9.18 Å². The van der Waals surface area contributed by atoms with E-state index in [2.05, 4.69) is 36.6 Å². The van der Waals surface area contributed by atoms with Gasteiger partial charge in [-0.1, -0.05) is 43.6 Å². The van der Waals surface area contributed by atoms with Crippen molar-refractivity contribution in [2.45, 2.75) is 53.0 Å². The minimum Gasteiger partial charge on any atom is -0.360 e. The zero-order valence-corrected chi connectivity index (χ0v) is 18.5. The summed E-state index contributed by atoms with van der Waals surface area (Å²) in [5.41, 5.74) is 0.407. The summed E-state index contributed by atoms with van der Waals surface area (Å²) in [6.45, 7) is 8.29. The second-order valence-electron chi connectivity index (χ2n) is 8.60. The SMILES string of the molecule is Cc1onc(-c2c(F)cccc2Cl)c1C(=O)NC(=S)N[C@@H]1C[C@H](C)CC(C)(C)C1. The summed E-state index contributed by atoms with van der Waals surface area (Å²) >= 11 is 11.5. The Balaban J connectivity index is 1.77. The third-order valence-electron chi connectivity index (χ3n) is 5.24. The molecule has 2 N–H and O–H groups in total. The number of carbonyl (C=O) groups is 1. The van der Waals surface area contributed by atoms with Crippen LogP contribution in [-0.2, 0) is 0 Å². The fraction of sp³-hybridized carbons (Fsp3) is 0.476. The first-order valence-corrected chi connectivity index (χ1v) is 10.4. The van der Waals surface area contributed by atoms with E-state index in [1.807, 2.05) is 0 Å². The molecule has 2 atom stereocenters. The summed E-state index contributed by atoms with van der Waals surface area (Å²) < 4.78 is 19.5. The third kappa shape index (κ3) is 4.95. The van der Waals surface area contributed by atoms with Crippen molar-refractivity contribution in [1.29, 1.82) is 0 Å². The summed E-state index contributed by atoms with van der Waals surface area (Å²) in [7, 11) is 0. The van der Waals surface area contributed by atoms with Gasteiger partial charge in [0, 0.05) is 6.04 Å². The van der Waals surface area contributed by atoms with E-state index < -0.39 is 11.7 Å². The van der Waals surface area contributed by atoms with Crippen molar-refractivity contribution < 1.29 is 13.7 Å². The van der Waals surface area contributed by atoms with Crippen LogP contribution in [0.3, 0.4) is 0 Å². The third-order valence-corrected chi connectivity index (χ3v) is 5.77. The van der Waals surface area contributed by atoms with Crippen LogP contribution >= 0.6 is 23.8 Å². The van der Waals surface area contributed by atoms with Crippen LogP contribution in [-0.4, -0.2) is 22.2 Å². The lowest BCUT2D eigenvalue weighted by Gasteiger charge is -2.39. The quantitative estimate of drug-likeness (QED) is 0.641. The Morgan fingerprint density at radius 3 is 2.76 bits per heavy atom. The van der Waals surface area contributed by atoms with E-state index in [0.717, 1.165) is 19.3 Å². The summed E-state index contributed by atoms with van der Waals surface area (Å²) in [5, 5.41) is 10.2. The van der Waals surface area contributed by atoms with Crippen molar-refractivity contribution in [3.8, 4) is 11.3 Å². The minimum atomic E-state index is -0.584. The molecule has 5 nitrogen and oxygen atoms in total. The monoisotopic (exact) mass is 437 g/mol. The highest BCUT2D eigenvalue weighted by Crippen LogP contribution is 2.38. The average Bonchev–Trinajstić information content (AvgIpc) is 2.94. The van der Waals surface area contributed by atoms with Gasteiger partial charge in [0.1, 0.15) is 22.8 Å². The summed E-state index contributed by atoms with van der Waals surface area (Å²) in [6, 6.07) is 4.46. The molecule has 156 valence electrons. The van der Waals surface area contributed by atoms with Crippen LogP contribution in [0.4, 0.5) is 4.39 Å². The van der Waals surface area contributed by atoms with Gasteiger partial charge in [-0.2, -0.15) is 0 Å². The largest absolute Gasteiger partial charge is 0.360 e. The Kier molecular flexibility index (Phi) is 6.29. The van der Waals surface area contributed by atoms with E-state index in [1.54, 1.807) is 6.92 Å². The Hall–Kier alpha value is -1.99. The zero-order chi connectivity index (χ0) is 21.3. The number of amides is 1. The van der Waals surface area contributed by atoms with Crippen LogP contribution in [0.1, 0.15) is 56.2 Å². The highest BCUT2D eigenvalue weighted by atomic mass is 35.5. The van der Waals surface area contributed by atoms with Crippen molar-refractivity contribution >= 4 is 34.8 Å². The van der Waals surface area contributed by atoms with Gasteiger partial charge in [0.2, 0.25) is 0 Å². The number of aryl methyl sites for hydroxylation is 1. The Morgan fingerprint density at radius 2 is 2.10 bits per heavy atom. The van der Waals surface area contributed by atoms with E-state index in [4.69, 9.17) is 28.3 Å². The molecule has 1 saturated carbocycles. The van der Waals surface area contributed by atoms with Crippen molar-refractivity contribution in [2.24, 2.45) is 11.3 Å². The second kappa shape index (κ2) is 8.40. The van der Waals surface area contributed by atoms with Crippen LogP contribution in [0.25, 0.3) is 11.3 Å². The van der Waals surface area contributed by atoms with Crippen LogP contribution in [0.5, 0.6) is 0 Å². The number of halogens is 2. The number of benzene rings is 1. The fourth-order valence-electron chi connectivity index (χ4n) is 4.38. The molecule has 1 aromatic heterocycles. The summed E-state index contributed by atoms with van der Waals surface area (Å²) in [4.78, 5) is 12.9. The van der Waals surface area contributed by atoms with Gasteiger partial charge in [-0.15, -0.1) is 0 Å². The molecule has 0 aliphatic heterocycles. The van der Waals surface area contributed by atoms with E-state index >= 15 is 0 Å². The molecule has 1 aromatic carbocycles. The normalized spacial score (nSPS) is 20.9.